The first-order chi connectivity index (χ1) is 14.0. The highest BCUT2D eigenvalue weighted by Crippen LogP contribution is 2.41. The van der Waals surface area contributed by atoms with Crippen LogP contribution >= 0.6 is 0 Å². The molecule has 0 aliphatic heterocycles. The number of aromatic hydroxyl groups is 3. The summed E-state index contributed by atoms with van der Waals surface area (Å²) in [7, 11) is 0. The summed E-state index contributed by atoms with van der Waals surface area (Å²) >= 11 is 0. The summed E-state index contributed by atoms with van der Waals surface area (Å²) in [5.74, 6) is -1.46. The molecular weight excluding hydrogens is 376 g/mol. The Morgan fingerprint density at radius 2 is 1.73 bits per heavy atom. The van der Waals surface area contributed by atoms with Crippen molar-refractivity contribution >= 4 is 5.78 Å². The second kappa shape index (κ2) is 11.6. The fraction of sp³-hybridized carbons (Fsp3) is 0.500. The number of hydrogen-bond donors (Lipinski definition) is 3. The number of phenolic OH excluding ortho intramolecular Hbond substituents is 3. The zero-order valence-corrected chi connectivity index (χ0v) is 19.4. The third-order valence-corrected chi connectivity index (χ3v) is 5.65. The van der Waals surface area contributed by atoms with Crippen molar-refractivity contribution in [1.29, 1.82) is 0 Å². The van der Waals surface area contributed by atoms with Gasteiger partial charge in [-0.25, -0.2) is 0 Å². The normalized spacial score (nSPS) is 13.6. The molecule has 0 spiro atoms. The highest BCUT2D eigenvalue weighted by Gasteiger charge is 2.27. The topological polar surface area (TPSA) is 77.8 Å². The highest BCUT2D eigenvalue weighted by atomic mass is 16.3. The van der Waals surface area contributed by atoms with Crippen molar-refractivity contribution in [3.8, 4) is 17.2 Å². The fourth-order valence-electron chi connectivity index (χ4n) is 3.36. The van der Waals surface area contributed by atoms with Crippen molar-refractivity contribution < 1.29 is 20.1 Å². The number of phenols is 3. The van der Waals surface area contributed by atoms with Gasteiger partial charge in [-0.15, -0.1) is 6.58 Å². The molecule has 0 aliphatic carbocycles. The molecule has 3 N–H and O–H groups in total. The minimum atomic E-state index is -0.381. The maximum Gasteiger partial charge on any atom is 0.173 e. The maximum atomic E-state index is 12.7. The first-order valence-corrected chi connectivity index (χ1v) is 10.7. The second-order valence-corrected chi connectivity index (χ2v) is 8.65. The number of hydrogen-bond acceptors (Lipinski definition) is 4. The summed E-state index contributed by atoms with van der Waals surface area (Å²) in [4.78, 5) is 12.7. The van der Waals surface area contributed by atoms with Crippen LogP contribution in [0.15, 0.2) is 41.5 Å². The van der Waals surface area contributed by atoms with Gasteiger partial charge in [0.1, 0.15) is 22.8 Å². The Labute approximate surface area is 181 Å². The third-order valence-electron chi connectivity index (χ3n) is 5.65. The van der Waals surface area contributed by atoms with E-state index in [1.807, 2.05) is 13.8 Å². The van der Waals surface area contributed by atoms with Gasteiger partial charge < -0.3 is 15.3 Å². The summed E-state index contributed by atoms with van der Waals surface area (Å²) in [5, 5.41) is 31.5. The van der Waals surface area contributed by atoms with Crippen LogP contribution in [0, 0.1) is 11.8 Å². The van der Waals surface area contributed by atoms with Crippen LogP contribution < -0.4 is 0 Å². The van der Waals surface area contributed by atoms with Crippen LogP contribution in [0.3, 0.4) is 0 Å². The Kier molecular flexibility index (Phi) is 9.91. The molecule has 1 rings (SSSR count). The molecule has 0 saturated heterocycles. The molecule has 30 heavy (non-hydrogen) atoms. The van der Waals surface area contributed by atoms with E-state index in [-0.39, 0.29) is 40.4 Å². The van der Waals surface area contributed by atoms with E-state index in [0.29, 0.717) is 18.4 Å². The summed E-state index contributed by atoms with van der Waals surface area (Å²) in [6.45, 7) is 15.8. The molecule has 0 aliphatic rings. The van der Waals surface area contributed by atoms with Crippen LogP contribution in [0.2, 0.25) is 0 Å². The van der Waals surface area contributed by atoms with E-state index in [4.69, 9.17) is 0 Å². The Morgan fingerprint density at radius 3 is 2.27 bits per heavy atom. The lowest BCUT2D eigenvalue weighted by Crippen LogP contribution is -2.13. The molecule has 0 radical (unpaired) electrons. The SMILES string of the molecule is C=C(C)CCC(Cc1c(O)cc(O)c(C(=O)[C@@H](C)CC)c1O)/C(C)=C/CC=C(C)C. The molecule has 1 aromatic rings. The molecule has 0 heterocycles. The lowest BCUT2D eigenvalue weighted by Gasteiger charge is -2.21. The summed E-state index contributed by atoms with van der Waals surface area (Å²) in [6.07, 6.45) is 7.76. The van der Waals surface area contributed by atoms with Gasteiger partial charge in [-0.05, 0) is 65.7 Å². The number of carbonyl (C=O) groups excluding carboxylic acids is 1. The lowest BCUT2D eigenvalue weighted by atomic mass is 9.85. The van der Waals surface area contributed by atoms with Crippen LogP contribution in [-0.2, 0) is 6.42 Å². The molecule has 0 bridgehead atoms. The van der Waals surface area contributed by atoms with Crippen LogP contribution in [0.4, 0.5) is 0 Å². The van der Waals surface area contributed by atoms with Crippen molar-refractivity contribution in [2.24, 2.45) is 11.8 Å². The van der Waals surface area contributed by atoms with E-state index in [2.05, 4.69) is 39.5 Å². The molecular formula is C26H38O4. The van der Waals surface area contributed by atoms with Crippen LogP contribution in [0.5, 0.6) is 17.2 Å². The number of carbonyl (C=O) groups is 1. The first kappa shape index (κ1) is 25.5. The van der Waals surface area contributed by atoms with E-state index in [9.17, 15) is 20.1 Å². The Bertz CT molecular complexity index is 826. The van der Waals surface area contributed by atoms with Crippen LogP contribution in [0.1, 0.15) is 83.1 Å². The number of Topliss-reactive ketones (excluding diaryl/α,β-unsaturated/α-hetero) is 1. The predicted octanol–water partition coefficient (Wildman–Crippen LogP) is 6.85. The third kappa shape index (κ3) is 7.08. The van der Waals surface area contributed by atoms with E-state index < -0.39 is 0 Å². The Balaban J connectivity index is 3.35. The van der Waals surface area contributed by atoms with Gasteiger partial charge in [-0.2, -0.15) is 0 Å². The fourth-order valence-corrected chi connectivity index (χ4v) is 3.36. The van der Waals surface area contributed by atoms with E-state index >= 15 is 0 Å². The molecule has 1 unspecified atom stereocenters. The average Bonchev–Trinajstić information content (AvgIpc) is 2.65. The smallest absolute Gasteiger partial charge is 0.173 e. The number of benzene rings is 1. The molecule has 4 heteroatoms. The zero-order chi connectivity index (χ0) is 23.0. The Morgan fingerprint density at radius 1 is 1.10 bits per heavy atom. The molecule has 0 aromatic heterocycles. The van der Waals surface area contributed by atoms with Crippen molar-refractivity contribution in [2.45, 2.75) is 73.6 Å². The minimum Gasteiger partial charge on any atom is -0.507 e. The Hall–Kier alpha value is -2.49. The highest BCUT2D eigenvalue weighted by molar-refractivity contribution is 6.03. The van der Waals surface area contributed by atoms with Gasteiger partial charge in [0.15, 0.2) is 5.78 Å². The van der Waals surface area contributed by atoms with Crippen molar-refractivity contribution in [3.05, 3.63) is 52.6 Å². The molecule has 4 nitrogen and oxygen atoms in total. The monoisotopic (exact) mass is 414 g/mol. The quantitative estimate of drug-likeness (QED) is 0.273. The summed E-state index contributed by atoms with van der Waals surface area (Å²) in [6, 6.07) is 1.17. The lowest BCUT2D eigenvalue weighted by molar-refractivity contribution is 0.0921. The van der Waals surface area contributed by atoms with Crippen LogP contribution in [0.25, 0.3) is 0 Å². The van der Waals surface area contributed by atoms with Crippen LogP contribution in [-0.4, -0.2) is 21.1 Å². The van der Waals surface area contributed by atoms with E-state index in [1.54, 1.807) is 6.92 Å². The first-order valence-electron chi connectivity index (χ1n) is 10.7. The molecule has 166 valence electrons. The van der Waals surface area contributed by atoms with Gasteiger partial charge in [0.25, 0.3) is 0 Å². The number of rotatable bonds is 11. The van der Waals surface area contributed by atoms with Gasteiger partial charge in [0.2, 0.25) is 0 Å². The van der Waals surface area contributed by atoms with Gasteiger partial charge in [-0.1, -0.05) is 42.7 Å². The zero-order valence-electron chi connectivity index (χ0n) is 19.4. The largest absolute Gasteiger partial charge is 0.507 e. The van der Waals surface area contributed by atoms with E-state index in [1.165, 1.54) is 11.6 Å². The molecule has 0 saturated carbocycles. The van der Waals surface area contributed by atoms with E-state index in [0.717, 1.165) is 30.4 Å². The molecule has 0 amide bonds. The summed E-state index contributed by atoms with van der Waals surface area (Å²) in [5.41, 5.74) is 3.70. The van der Waals surface area contributed by atoms with Crippen molar-refractivity contribution in [2.75, 3.05) is 0 Å². The molecule has 2 atom stereocenters. The predicted molar refractivity (Wildman–Crippen MR) is 124 cm³/mol. The minimum absolute atomic E-state index is 0.0696. The molecule has 0 fully saturated rings. The number of allylic oxidation sites excluding steroid dienone is 5. The molecule has 1 aromatic carbocycles. The summed E-state index contributed by atoms with van der Waals surface area (Å²) < 4.78 is 0. The maximum absolute atomic E-state index is 12.7. The van der Waals surface area contributed by atoms with Crippen molar-refractivity contribution in [1.82, 2.24) is 0 Å². The second-order valence-electron chi connectivity index (χ2n) is 8.65. The number of ketones is 1. The van der Waals surface area contributed by atoms with Gasteiger partial charge >= 0.3 is 0 Å². The van der Waals surface area contributed by atoms with Gasteiger partial charge in [0.05, 0.1) is 0 Å². The average molecular weight is 415 g/mol. The van der Waals surface area contributed by atoms with Gasteiger partial charge in [-0.3, -0.25) is 4.79 Å². The van der Waals surface area contributed by atoms with Gasteiger partial charge in [0, 0.05) is 17.5 Å². The van der Waals surface area contributed by atoms with Crippen molar-refractivity contribution in [3.63, 3.8) is 0 Å². The standard InChI is InChI=1S/C26H38O4/c1-8-18(6)25(29)24-23(28)15-22(27)21(26(24)30)14-20(13-12-17(4)5)19(7)11-9-10-16(2)3/h10-11,15,18,20,27-28,30H,4,8-9,12-14H2,1-3,5-7H3/b19-11+/t18-,20?/m0/s1.